The second-order valence-corrected chi connectivity index (χ2v) is 8.09. The van der Waals surface area contributed by atoms with Crippen LogP contribution in [-0.4, -0.2) is 10.9 Å². The Hall–Kier alpha value is -3.65. The van der Waals surface area contributed by atoms with Crippen molar-refractivity contribution < 1.29 is 22.4 Å². The molecule has 4 aromatic rings. The number of benzene rings is 3. The molecule has 34 heavy (non-hydrogen) atoms. The van der Waals surface area contributed by atoms with Gasteiger partial charge in [0, 0.05) is 27.3 Å². The average molecular weight is 488 g/mol. The molecule has 0 aliphatic heterocycles. The minimum absolute atomic E-state index is 0.116. The fourth-order valence-corrected chi connectivity index (χ4v) is 3.75. The minimum Gasteiger partial charge on any atom is -0.340 e. The van der Waals surface area contributed by atoms with Gasteiger partial charge in [-0.05, 0) is 67.1 Å². The summed E-state index contributed by atoms with van der Waals surface area (Å²) in [6, 6.07) is 15.8. The summed E-state index contributed by atoms with van der Waals surface area (Å²) in [5, 5.41) is 6.55. The number of alkyl halides is 3. The van der Waals surface area contributed by atoms with Gasteiger partial charge < -0.3 is 10.6 Å². The Kier molecular flexibility index (Phi) is 6.43. The number of hydrogen-bond acceptors (Lipinski definition) is 3. The highest BCUT2D eigenvalue weighted by Gasteiger charge is 2.30. The molecule has 2 N–H and O–H groups in total. The number of carbonyl (C=O) groups is 1. The van der Waals surface area contributed by atoms with E-state index in [-0.39, 0.29) is 22.7 Å². The summed E-state index contributed by atoms with van der Waals surface area (Å²) >= 11 is 5.99. The summed E-state index contributed by atoms with van der Waals surface area (Å²) in [5.41, 5.74) is 1.50. The molecule has 0 bridgehead atoms. The molecular formula is C25H18ClF4N3O. The highest BCUT2D eigenvalue weighted by Crippen LogP contribution is 2.32. The van der Waals surface area contributed by atoms with Gasteiger partial charge in [0.05, 0.1) is 17.5 Å². The van der Waals surface area contributed by atoms with E-state index in [1.54, 1.807) is 24.3 Å². The van der Waals surface area contributed by atoms with Crippen molar-refractivity contribution >= 4 is 45.6 Å². The first-order valence-corrected chi connectivity index (χ1v) is 10.6. The Labute approximate surface area is 197 Å². The molecule has 0 atom stereocenters. The van der Waals surface area contributed by atoms with Crippen LogP contribution in [0.2, 0.25) is 5.02 Å². The molecule has 1 amide bonds. The van der Waals surface area contributed by atoms with Crippen molar-refractivity contribution in [3.63, 3.8) is 0 Å². The zero-order valence-electron chi connectivity index (χ0n) is 17.8. The van der Waals surface area contributed by atoms with Crippen LogP contribution in [-0.2, 0) is 17.4 Å². The molecule has 0 aliphatic rings. The summed E-state index contributed by atoms with van der Waals surface area (Å²) in [4.78, 5) is 16.9. The third-order valence-electron chi connectivity index (χ3n) is 5.16. The Balaban J connectivity index is 1.53. The second kappa shape index (κ2) is 9.30. The largest absolute Gasteiger partial charge is 0.416 e. The maximum Gasteiger partial charge on any atom is 0.416 e. The Bertz CT molecular complexity index is 1370. The first-order valence-electron chi connectivity index (χ1n) is 10.2. The van der Waals surface area contributed by atoms with Crippen LogP contribution in [0.25, 0.3) is 10.9 Å². The van der Waals surface area contributed by atoms with Crippen molar-refractivity contribution in [2.24, 2.45) is 0 Å². The molecule has 0 spiro atoms. The topological polar surface area (TPSA) is 54.0 Å². The normalized spacial score (nSPS) is 11.5. The molecule has 174 valence electrons. The number of aryl methyl sites for hydroxylation is 1. The number of carbonyl (C=O) groups excluding carboxylic acids is 1. The van der Waals surface area contributed by atoms with E-state index < -0.39 is 23.5 Å². The van der Waals surface area contributed by atoms with Crippen LogP contribution in [0.1, 0.15) is 16.7 Å². The second-order valence-electron chi connectivity index (χ2n) is 7.69. The van der Waals surface area contributed by atoms with Gasteiger partial charge in [-0.1, -0.05) is 23.7 Å². The first-order chi connectivity index (χ1) is 16.1. The predicted octanol–water partition coefficient (Wildman–Crippen LogP) is 7.28. The van der Waals surface area contributed by atoms with Gasteiger partial charge in [-0.2, -0.15) is 13.2 Å². The molecule has 0 saturated heterocycles. The number of rotatable bonds is 5. The van der Waals surface area contributed by atoms with Crippen LogP contribution in [0.5, 0.6) is 0 Å². The zero-order chi connectivity index (χ0) is 24.5. The zero-order valence-corrected chi connectivity index (χ0v) is 18.6. The Morgan fingerprint density at radius 3 is 2.50 bits per heavy atom. The van der Waals surface area contributed by atoms with Crippen LogP contribution in [0.3, 0.4) is 0 Å². The summed E-state index contributed by atoms with van der Waals surface area (Å²) < 4.78 is 52.9. The lowest BCUT2D eigenvalue weighted by atomic mass is 10.1. The molecule has 1 aromatic heterocycles. The minimum atomic E-state index is -4.44. The van der Waals surface area contributed by atoms with Crippen molar-refractivity contribution in [1.29, 1.82) is 0 Å². The molecule has 4 rings (SSSR count). The highest BCUT2D eigenvalue weighted by molar-refractivity contribution is 6.31. The summed E-state index contributed by atoms with van der Waals surface area (Å²) in [5.74, 6) is -0.600. The van der Waals surface area contributed by atoms with Gasteiger partial charge in [0.15, 0.2) is 0 Å². The lowest BCUT2D eigenvalue weighted by Gasteiger charge is -2.13. The molecule has 4 nitrogen and oxygen atoms in total. The first kappa shape index (κ1) is 23.5. The van der Waals surface area contributed by atoms with E-state index >= 15 is 0 Å². The molecule has 3 aromatic carbocycles. The lowest BCUT2D eigenvalue weighted by molar-refractivity contribution is -0.137. The molecule has 0 radical (unpaired) electrons. The van der Waals surface area contributed by atoms with Gasteiger partial charge in [-0.25, -0.2) is 9.37 Å². The number of hydrogen-bond donors (Lipinski definition) is 2. The molecule has 1 heterocycles. The summed E-state index contributed by atoms with van der Waals surface area (Å²) in [6.07, 6.45) is -4.66. The average Bonchev–Trinajstić information content (AvgIpc) is 2.76. The molecule has 0 fully saturated rings. The van der Waals surface area contributed by atoms with Crippen molar-refractivity contribution in [3.8, 4) is 0 Å². The molecule has 0 unspecified atom stereocenters. The van der Waals surface area contributed by atoms with Gasteiger partial charge in [-0.3, -0.25) is 4.79 Å². The number of aromatic nitrogens is 1. The Morgan fingerprint density at radius 1 is 1.00 bits per heavy atom. The van der Waals surface area contributed by atoms with E-state index in [9.17, 15) is 22.4 Å². The number of halogens is 5. The molecule has 0 aliphatic carbocycles. The van der Waals surface area contributed by atoms with E-state index in [4.69, 9.17) is 11.6 Å². The van der Waals surface area contributed by atoms with E-state index in [2.05, 4.69) is 15.6 Å². The smallest absolute Gasteiger partial charge is 0.340 e. The van der Waals surface area contributed by atoms with Crippen LogP contribution in [0.4, 0.5) is 34.8 Å². The maximum atomic E-state index is 14.0. The summed E-state index contributed by atoms with van der Waals surface area (Å²) in [7, 11) is 0. The maximum absolute atomic E-state index is 14.0. The number of pyridine rings is 1. The summed E-state index contributed by atoms with van der Waals surface area (Å²) in [6.45, 7) is 1.83. The van der Waals surface area contributed by atoms with Crippen LogP contribution < -0.4 is 10.6 Å². The molecule has 0 saturated carbocycles. The Morgan fingerprint density at radius 2 is 1.76 bits per heavy atom. The van der Waals surface area contributed by atoms with Crippen molar-refractivity contribution in [3.05, 3.63) is 94.3 Å². The van der Waals surface area contributed by atoms with E-state index in [0.29, 0.717) is 17.0 Å². The van der Waals surface area contributed by atoms with Gasteiger partial charge in [0.2, 0.25) is 5.91 Å². The SMILES string of the molecule is Cc1cc(Nc2cccc(C(F)(F)F)c2)nc2ccc(NC(=O)Cc3c(F)cccc3Cl)cc12. The third-order valence-corrected chi connectivity index (χ3v) is 5.51. The number of nitrogens with one attached hydrogen (secondary N) is 2. The van der Waals surface area contributed by atoms with Crippen LogP contribution in [0, 0.1) is 12.7 Å². The van der Waals surface area contributed by atoms with E-state index in [1.165, 1.54) is 30.3 Å². The van der Waals surface area contributed by atoms with Gasteiger partial charge in [0.25, 0.3) is 0 Å². The third kappa shape index (κ3) is 5.28. The van der Waals surface area contributed by atoms with Gasteiger partial charge in [-0.15, -0.1) is 0 Å². The lowest BCUT2D eigenvalue weighted by Crippen LogP contribution is -2.15. The van der Waals surface area contributed by atoms with Crippen molar-refractivity contribution in [2.75, 3.05) is 10.6 Å². The van der Waals surface area contributed by atoms with Crippen molar-refractivity contribution in [2.45, 2.75) is 19.5 Å². The fraction of sp³-hybridized carbons (Fsp3) is 0.120. The van der Waals surface area contributed by atoms with Gasteiger partial charge >= 0.3 is 6.18 Å². The number of anilines is 3. The van der Waals surface area contributed by atoms with Crippen LogP contribution >= 0.6 is 11.6 Å². The van der Waals surface area contributed by atoms with Crippen LogP contribution in [0.15, 0.2) is 66.7 Å². The monoisotopic (exact) mass is 487 g/mol. The highest BCUT2D eigenvalue weighted by atomic mass is 35.5. The quantitative estimate of drug-likeness (QED) is 0.291. The van der Waals surface area contributed by atoms with Crippen molar-refractivity contribution in [1.82, 2.24) is 4.98 Å². The van der Waals surface area contributed by atoms with E-state index in [1.807, 2.05) is 6.92 Å². The van der Waals surface area contributed by atoms with E-state index in [0.717, 1.165) is 23.1 Å². The number of fused-ring (bicyclic) bond motifs is 1. The number of nitrogens with zero attached hydrogens (tertiary/aromatic N) is 1. The molecular weight excluding hydrogens is 470 g/mol. The number of amides is 1. The molecule has 9 heteroatoms. The fourth-order valence-electron chi connectivity index (χ4n) is 3.52. The van der Waals surface area contributed by atoms with Gasteiger partial charge in [0.1, 0.15) is 11.6 Å². The standard InChI is InChI=1S/C25H18ClF4N3O/c1-14-10-23(31-16-5-2-4-15(11-16)25(28,29)30)33-22-9-8-17(12-18(14)22)32-24(34)13-19-20(26)6-3-7-21(19)27/h2-12H,13H2,1H3,(H,31,33)(H,32,34). The predicted molar refractivity (Wildman–Crippen MR) is 125 cm³/mol.